The lowest BCUT2D eigenvalue weighted by atomic mass is 10.1. The molecule has 0 aliphatic rings. The molecule has 0 saturated carbocycles. The molecule has 28 heavy (non-hydrogen) atoms. The van der Waals surface area contributed by atoms with Crippen LogP contribution in [0.1, 0.15) is 16.1 Å². The number of anilines is 1. The molecule has 0 bridgehead atoms. The standard InChI is InChI=1S/C20H15F3N2O3/c21-20(22,23)12-24-19(27)15-6-2-3-7-16(15)25-18(26)10-9-14-11-13-5-1-4-8-17(13)28-14/h1-11H,12H2,(H,24,27)(H,25,26)/b10-9+. The minimum absolute atomic E-state index is 0.0720. The van der Waals surface area contributed by atoms with Gasteiger partial charge < -0.3 is 15.1 Å². The molecule has 0 unspecified atom stereocenters. The number of alkyl halides is 3. The SMILES string of the molecule is O=C(/C=C/c1cc2ccccc2o1)Nc1ccccc1C(=O)NCC(F)(F)F. The molecule has 0 spiro atoms. The van der Waals surface area contributed by atoms with Gasteiger partial charge in [-0.15, -0.1) is 0 Å². The van der Waals surface area contributed by atoms with Crippen LogP contribution in [0.3, 0.4) is 0 Å². The van der Waals surface area contributed by atoms with Gasteiger partial charge in [-0.2, -0.15) is 13.2 Å². The first-order valence-electron chi connectivity index (χ1n) is 8.23. The maximum Gasteiger partial charge on any atom is 0.405 e. The van der Waals surface area contributed by atoms with Gasteiger partial charge in [0.05, 0.1) is 11.3 Å². The van der Waals surface area contributed by atoms with Gasteiger partial charge in [0.15, 0.2) is 0 Å². The van der Waals surface area contributed by atoms with Crippen LogP contribution in [0.25, 0.3) is 17.0 Å². The number of carbonyl (C=O) groups is 2. The Hall–Kier alpha value is -3.55. The Balaban J connectivity index is 1.69. The Morgan fingerprint density at radius 1 is 1.04 bits per heavy atom. The van der Waals surface area contributed by atoms with Crippen LogP contribution in [-0.4, -0.2) is 24.5 Å². The molecule has 1 heterocycles. The fourth-order valence-corrected chi connectivity index (χ4v) is 2.48. The summed E-state index contributed by atoms with van der Waals surface area (Å²) in [6, 6.07) is 14.9. The van der Waals surface area contributed by atoms with Crippen LogP contribution >= 0.6 is 0 Å². The summed E-state index contributed by atoms with van der Waals surface area (Å²) in [5.41, 5.74) is 0.702. The summed E-state index contributed by atoms with van der Waals surface area (Å²) in [5, 5.41) is 5.14. The van der Waals surface area contributed by atoms with E-state index in [2.05, 4.69) is 5.32 Å². The van der Waals surface area contributed by atoms with Crippen molar-refractivity contribution in [2.45, 2.75) is 6.18 Å². The summed E-state index contributed by atoms with van der Waals surface area (Å²) in [6.07, 6.45) is -1.85. The predicted molar refractivity (Wildman–Crippen MR) is 98.7 cm³/mol. The van der Waals surface area contributed by atoms with Gasteiger partial charge in [0, 0.05) is 11.5 Å². The van der Waals surface area contributed by atoms with Crippen LogP contribution in [0.2, 0.25) is 0 Å². The van der Waals surface area contributed by atoms with Crippen molar-refractivity contribution in [2.24, 2.45) is 0 Å². The lowest BCUT2D eigenvalue weighted by Crippen LogP contribution is -2.34. The molecule has 144 valence electrons. The molecule has 0 atom stereocenters. The molecular weight excluding hydrogens is 373 g/mol. The van der Waals surface area contributed by atoms with Crippen LogP contribution in [0, 0.1) is 0 Å². The second-order valence-corrected chi connectivity index (χ2v) is 5.85. The number of benzene rings is 2. The van der Waals surface area contributed by atoms with Crippen molar-refractivity contribution in [1.82, 2.24) is 5.32 Å². The molecule has 8 heteroatoms. The minimum Gasteiger partial charge on any atom is -0.457 e. The van der Waals surface area contributed by atoms with Crippen molar-refractivity contribution < 1.29 is 27.2 Å². The summed E-state index contributed by atoms with van der Waals surface area (Å²) in [4.78, 5) is 24.1. The Morgan fingerprint density at radius 3 is 2.50 bits per heavy atom. The fourth-order valence-electron chi connectivity index (χ4n) is 2.48. The van der Waals surface area contributed by atoms with Gasteiger partial charge in [-0.3, -0.25) is 9.59 Å². The first-order chi connectivity index (χ1) is 13.3. The van der Waals surface area contributed by atoms with Gasteiger partial charge in [0.2, 0.25) is 5.91 Å². The zero-order valence-corrected chi connectivity index (χ0v) is 14.4. The highest BCUT2D eigenvalue weighted by molar-refractivity contribution is 6.07. The molecule has 2 amide bonds. The Labute approximate surface area is 157 Å². The van der Waals surface area contributed by atoms with Crippen molar-refractivity contribution in [2.75, 3.05) is 11.9 Å². The quantitative estimate of drug-likeness (QED) is 0.638. The van der Waals surface area contributed by atoms with E-state index in [-0.39, 0.29) is 11.3 Å². The van der Waals surface area contributed by atoms with Gasteiger partial charge in [-0.05, 0) is 30.3 Å². The zero-order valence-electron chi connectivity index (χ0n) is 14.4. The largest absolute Gasteiger partial charge is 0.457 e. The molecule has 2 N–H and O–H groups in total. The second kappa shape index (κ2) is 7.99. The van der Waals surface area contributed by atoms with E-state index < -0.39 is 24.5 Å². The first-order valence-corrected chi connectivity index (χ1v) is 8.23. The van der Waals surface area contributed by atoms with Gasteiger partial charge >= 0.3 is 6.18 Å². The third kappa shape index (κ3) is 5.00. The van der Waals surface area contributed by atoms with E-state index in [1.807, 2.05) is 18.2 Å². The molecule has 3 aromatic rings. The molecule has 0 aliphatic carbocycles. The van der Waals surface area contributed by atoms with Crippen LogP contribution in [0.4, 0.5) is 18.9 Å². The van der Waals surface area contributed by atoms with Crippen LogP contribution < -0.4 is 10.6 Å². The highest BCUT2D eigenvalue weighted by Crippen LogP contribution is 2.20. The number of rotatable bonds is 5. The fraction of sp³-hybridized carbons (Fsp3) is 0.100. The van der Waals surface area contributed by atoms with E-state index in [9.17, 15) is 22.8 Å². The summed E-state index contributed by atoms with van der Waals surface area (Å²) in [6.45, 7) is -1.46. The van der Waals surface area contributed by atoms with Gasteiger partial charge in [0.1, 0.15) is 17.9 Å². The molecule has 0 aliphatic heterocycles. The number of para-hydroxylation sites is 2. The summed E-state index contributed by atoms with van der Waals surface area (Å²) >= 11 is 0. The summed E-state index contributed by atoms with van der Waals surface area (Å²) < 4.78 is 42.4. The number of fused-ring (bicyclic) bond motifs is 1. The lowest BCUT2D eigenvalue weighted by Gasteiger charge is -2.11. The Bertz CT molecular complexity index is 1010. The summed E-state index contributed by atoms with van der Waals surface area (Å²) in [5.74, 6) is -1.03. The smallest absolute Gasteiger partial charge is 0.405 e. The molecular formula is C20H15F3N2O3. The minimum atomic E-state index is -4.52. The average molecular weight is 388 g/mol. The van der Waals surface area contributed by atoms with E-state index in [1.54, 1.807) is 23.5 Å². The molecule has 5 nitrogen and oxygen atoms in total. The monoisotopic (exact) mass is 388 g/mol. The molecule has 0 radical (unpaired) electrons. The molecule has 1 aromatic heterocycles. The molecule has 2 aromatic carbocycles. The number of hydrogen-bond acceptors (Lipinski definition) is 3. The third-order valence-electron chi connectivity index (χ3n) is 3.72. The van der Waals surface area contributed by atoms with Crippen molar-refractivity contribution in [3.05, 3.63) is 72.0 Å². The van der Waals surface area contributed by atoms with Crippen molar-refractivity contribution in [3.63, 3.8) is 0 Å². The highest BCUT2D eigenvalue weighted by atomic mass is 19.4. The Morgan fingerprint density at radius 2 is 1.75 bits per heavy atom. The van der Waals surface area contributed by atoms with Crippen molar-refractivity contribution in [1.29, 1.82) is 0 Å². The maximum absolute atomic E-state index is 12.3. The topological polar surface area (TPSA) is 71.3 Å². The normalized spacial score (nSPS) is 11.7. The van der Waals surface area contributed by atoms with Gasteiger partial charge in [-0.1, -0.05) is 30.3 Å². The van der Waals surface area contributed by atoms with Crippen LogP contribution in [-0.2, 0) is 4.79 Å². The van der Waals surface area contributed by atoms with Crippen LogP contribution in [0.15, 0.2) is 65.1 Å². The maximum atomic E-state index is 12.3. The highest BCUT2D eigenvalue weighted by Gasteiger charge is 2.28. The van der Waals surface area contributed by atoms with Gasteiger partial charge in [-0.25, -0.2) is 0 Å². The van der Waals surface area contributed by atoms with E-state index >= 15 is 0 Å². The lowest BCUT2D eigenvalue weighted by molar-refractivity contribution is -0.123. The Kier molecular flexibility index (Phi) is 5.49. The van der Waals surface area contributed by atoms with E-state index in [1.165, 1.54) is 30.4 Å². The number of halogens is 3. The molecule has 3 rings (SSSR count). The number of nitrogens with one attached hydrogen (secondary N) is 2. The van der Waals surface area contributed by atoms with Crippen molar-refractivity contribution in [3.8, 4) is 0 Å². The summed E-state index contributed by atoms with van der Waals surface area (Å²) in [7, 11) is 0. The van der Waals surface area contributed by atoms with Crippen LogP contribution in [0.5, 0.6) is 0 Å². The first kappa shape index (κ1) is 19.2. The van der Waals surface area contributed by atoms with Gasteiger partial charge in [0.25, 0.3) is 5.91 Å². The van der Waals surface area contributed by atoms with E-state index in [0.29, 0.717) is 11.3 Å². The zero-order chi connectivity index (χ0) is 20.1. The number of hydrogen-bond donors (Lipinski definition) is 2. The number of amides is 2. The van der Waals surface area contributed by atoms with E-state index in [0.717, 1.165) is 5.39 Å². The van der Waals surface area contributed by atoms with E-state index in [4.69, 9.17) is 4.42 Å². The predicted octanol–water partition coefficient (Wildman–Crippen LogP) is 4.38. The second-order valence-electron chi connectivity index (χ2n) is 5.85. The average Bonchev–Trinajstić information content (AvgIpc) is 3.07. The molecule has 0 fully saturated rings. The number of furan rings is 1. The number of carbonyl (C=O) groups excluding carboxylic acids is 2. The van der Waals surface area contributed by atoms with Crippen molar-refractivity contribution >= 4 is 34.5 Å². The molecule has 0 saturated heterocycles. The third-order valence-corrected chi connectivity index (χ3v) is 3.72.